The lowest BCUT2D eigenvalue weighted by atomic mass is 10.2. The Kier molecular flexibility index (Phi) is 9.87. The summed E-state index contributed by atoms with van der Waals surface area (Å²) in [4.78, 5) is 39.5. The zero-order valence-corrected chi connectivity index (χ0v) is 8.73. The molecule has 3 amide bonds. The van der Waals surface area contributed by atoms with Crippen LogP contribution in [-0.4, -0.2) is 40.5 Å². The molecule has 0 bridgehead atoms. The molecule has 0 aliphatic heterocycles. The number of urea groups is 1. The van der Waals surface area contributed by atoms with E-state index in [-0.39, 0.29) is 18.6 Å². The molecule has 0 fully saturated rings. The minimum Gasteiger partial charge on any atom is -0.481 e. The molecule has 0 aromatic rings. The number of carbonyl (C=O) groups is 4. The summed E-state index contributed by atoms with van der Waals surface area (Å²) in [7, 11) is 0. The monoisotopic (exact) mass is 234 g/mol. The van der Waals surface area contributed by atoms with Crippen molar-refractivity contribution in [1.82, 2.24) is 5.32 Å². The Balaban J connectivity index is 0. The van der Waals surface area contributed by atoms with E-state index < -0.39 is 24.5 Å². The van der Waals surface area contributed by atoms with Gasteiger partial charge in [-0.15, -0.1) is 0 Å². The number of hydrogen-bond donors (Lipinski definition) is 4. The first-order valence-electron chi connectivity index (χ1n) is 4.21. The Hall–Kier alpha value is -1.96. The summed E-state index contributed by atoms with van der Waals surface area (Å²) in [6, 6.07) is -0.955. The number of amides is 3. The highest BCUT2D eigenvalue weighted by atomic mass is 16.4. The molecule has 92 valence electrons. The van der Waals surface area contributed by atoms with Crippen molar-refractivity contribution in [2.75, 3.05) is 6.61 Å². The average Bonchev–Trinajstić information content (AvgIpc) is 2.14. The van der Waals surface area contributed by atoms with Crippen molar-refractivity contribution in [2.24, 2.45) is 5.73 Å². The summed E-state index contributed by atoms with van der Waals surface area (Å²) in [6.45, 7) is 0.659. The van der Waals surface area contributed by atoms with Crippen LogP contribution in [0.2, 0.25) is 0 Å². The Bertz CT molecular complexity index is 262. The maximum absolute atomic E-state index is 10.1. The molecule has 5 N–H and O–H groups in total. The van der Waals surface area contributed by atoms with Crippen LogP contribution < -0.4 is 11.1 Å². The van der Waals surface area contributed by atoms with Crippen molar-refractivity contribution in [1.29, 1.82) is 0 Å². The lowest BCUT2D eigenvalue weighted by molar-refractivity contribution is -0.138. The number of aliphatic hydroxyl groups excluding tert-OH is 1. The number of ketones is 1. The molecule has 16 heavy (non-hydrogen) atoms. The number of imide groups is 1. The number of Topliss-reactive ketones (excluding diaryl/α,β-unsaturated/α-hetero) is 1. The van der Waals surface area contributed by atoms with Crippen LogP contribution in [0.1, 0.15) is 19.8 Å². The first-order valence-corrected chi connectivity index (χ1v) is 4.21. The molecule has 0 aromatic heterocycles. The fraction of sp³-hybridized carbons (Fsp3) is 0.500. The SMILES string of the molecule is CC(=O)CCC(=O)O.NC(=O)NC(=O)CO. The number of carbonyl (C=O) groups excluding carboxylic acids is 3. The van der Waals surface area contributed by atoms with Crippen LogP contribution in [-0.2, 0) is 14.4 Å². The van der Waals surface area contributed by atoms with Crippen LogP contribution in [0.25, 0.3) is 0 Å². The standard InChI is InChI=1S/C5H8O3.C3H6N2O3/c1-4(6)2-3-5(7)8;4-3(8)5-2(7)1-6/h2-3H2,1H3,(H,7,8);6H,1H2,(H3,4,5,7,8). The molecule has 0 spiro atoms. The lowest BCUT2D eigenvalue weighted by Gasteiger charge is -1.92. The number of aliphatic carboxylic acids is 1. The second-order valence-corrected chi connectivity index (χ2v) is 2.67. The molecular formula is C8H14N2O6. The normalized spacial score (nSPS) is 8.38. The predicted molar refractivity (Wildman–Crippen MR) is 52.4 cm³/mol. The second kappa shape index (κ2) is 9.59. The Morgan fingerprint density at radius 1 is 1.19 bits per heavy atom. The van der Waals surface area contributed by atoms with E-state index in [0.29, 0.717) is 0 Å². The van der Waals surface area contributed by atoms with E-state index in [0.717, 1.165) is 0 Å². The molecule has 0 aromatic carbocycles. The zero-order valence-electron chi connectivity index (χ0n) is 8.73. The number of nitrogens with one attached hydrogen (secondary N) is 1. The average molecular weight is 234 g/mol. The van der Waals surface area contributed by atoms with Gasteiger partial charge in [0.2, 0.25) is 0 Å². The van der Waals surface area contributed by atoms with E-state index in [2.05, 4.69) is 5.73 Å². The predicted octanol–water partition coefficient (Wildman–Crippen LogP) is -1.39. The van der Waals surface area contributed by atoms with E-state index in [1.165, 1.54) is 6.92 Å². The van der Waals surface area contributed by atoms with Crippen LogP contribution in [0.4, 0.5) is 4.79 Å². The summed E-state index contributed by atoms with van der Waals surface area (Å²) in [5.74, 6) is -1.79. The summed E-state index contributed by atoms with van der Waals surface area (Å²) < 4.78 is 0. The second-order valence-electron chi connectivity index (χ2n) is 2.67. The quantitative estimate of drug-likeness (QED) is 0.471. The maximum atomic E-state index is 10.1. The highest BCUT2D eigenvalue weighted by molar-refractivity contribution is 5.93. The molecule has 0 saturated heterocycles. The highest BCUT2D eigenvalue weighted by Crippen LogP contribution is 1.87. The fourth-order valence-corrected chi connectivity index (χ4v) is 0.460. The molecular weight excluding hydrogens is 220 g/mol. The van der Waals surface area contributed by atoms with Gasteiger partial charge < -0.3 is 20.7 Å². The number of primary amides is 1. The van der Waals surface area contributed by atoms with Crippen molar-refractivity contribution in [3.05, 3.63) is 0 Å². The van der Waals surface area contributed by atoms with E-state index in [9.17, 15) is 19.2 Å². The minimum atomic E-state index is -0.955. The smallest absolute Gasteiger partial charge is 0.318 e. The van der Waals surface area contributed by atoms with Gasteiger partial charge in [0, 0.05) is 6.42 Å². The van der Waals surface area contributed by atoms with Crippen molar-refractivity contribution in [2.45, 2.75) is 19.8 Å². The van der Waals surface area contributed by atoms with Gasteiger partial charge in [-0.1, -0.05) is 0 Å². The van der Waals surface area contributed by atoms with Gasteiger partial charge in [0.25, 0.3) is 5.91 Å². The molecule has 0 radical (unpaired) electrons. The summed E-state index contributed by atoms with van der Waals surface area (Å²) >= 11 is 0. The van der Waals surface area contributed by atoms with Crippen LogP contribution in [0.5, 0.6) is 0 Å². The third kappa shape index (κ3) is 18.0. The van der Waals surface area contributed by atoms with Gasteiger partial charge in [-0.2, -0.15) is 0 Å². The maximum Gasteiger partial charge on any atom is 0.318 e. The topological polar surface area (TPSA) is 147 Å². The van der Waals surface area contributed by atoms with Gasteiger partial charge in [-0.25, -0.2) is 4.79 Å². The molecule has 0 unspecified atom stereocenters. The van der Waals surface area contributed by atoms with Crippen molar-refractivity contribution in [3.63, 3.8) is 0 Å². The van der Waals surface area contributed by atoms with Gasteiger partial charge in [0.1, 0.15) is 12.4 Å². The van der Waals surface area contributed by atoms with Gasteiger partial charge in [0.15, 0.2) is 0 Å². The highest BCUT2D eigenvalue weighted by Gasteiger charge is 1.98. The van der Waals surface area contributed by atoms with Gasteiger partial charge in [0.05, 0.1) is 6.42 Å². The van der Waals surface area contributed by atoms with Gasteiger partial charge in [-0.3, -0.25) is 14.9 Å². The van der Waals surface area contributed by atoms with E-state index in [1.54, 1.807) is 5.32 Å². The van der Waals surface area contributed by atoms with Crippen LogP contribution >= 0.6 is 0 Å². The van der Waals surface area contributed by atoms with Crippen molar-refractivity contribution < 1.29 is 29.4 Å². The molecule has 0 saturated carbocycles. The summed E-state index contributed by atoms with van der Waals surface area (Å²) in [5.41, 5.74) is 4.49. The van der Waals surface area contributed by atoms with Crippen molar-refractivity contribution >= 4 is 23.7 Å². The van der Waals surface area contributed by atoms with Gasteiger partial charge in [-0.05, 0) is 6.92 Å². The lowest BCUT2D eigenvalue weighted by Crippen LogP contribution is -2.36. The largest absolute Gasteiger partial charge is 0.481 e. The Morgan fingerprint density at radius 3 is 1.81 bits per heavy atom. The number of carboxylic acids is 1. The Labute approximate surface area is 91.4 Å². The zero-order chi connectivity index (χ0) is 13.1. The first-order chi connectivity index (χ1) is 7.29. The molecule has 8 heteroatoms. The van der Waals surface area contributed by atoms with Crippen molar-refractivity contribution in [3.8, 4) is 0 Å². The van der Waals surface area contributed by atoms with Gasteiger partial charge >= 0.3 is 12.0 Å². The van der Waals surface area contributed by atoms with E-state index in [1.807, 2.05) is 0 Å². The molecule has 0 aliphatic rings. The first kappa shape index (κ1) is 16.5. The fourth-order valence-electron chi connectivity index (χ4n) is 0.460. The van der Waals surface area contributed by atoms with E-state index >= 15 is 0 Å². The van der Waals surface area contributed by atoms with E-state index in [4.69, 9.17) is 10.2 Å². The number of nitrogens with two attached hydrogens (primary N) is 1. The minimum absolute atomic E-state index is 0.0463. The van der Waals surface area contributed by atoms with Crippen LogP contribution in [0, 0.1) is 0 Å². The molecule has 0 atom stereocenters. The molecule has 0 rings (SSSR count). The third-order valence-electron chi connectivity index (χ3n) is 1.10. The van der Waals surface area contributed by atoms with Crippen LogP contribution in [0.15, 0.2) is 0 Å². The molecule has 8 nitrogen and oxygen atoms in total. The van der Waals surface area contributed by atoms with Crippen LogP contribution in [0.3, 0.4) is 0 Å². The third-order valence-corrected chi connectivity index (χ3v) is 1.10. The molecule has 0 aliphatic carbocycles. The number of hydrogen-bond acceptors (Lipinski definition) is 5. The number of carboxylic acid groups (broad SMARTS) is 1. The summed E-state index contributed by atoms with van der Waals surface area (Å²) in [6.07, 6.45) is 0.102. The Morgan fingerprint density at radius 2 is 1.69 bits per heavy atom. The number of rotatable bonds is 4. The number of aliphatic hydroxyl groups is 1. The summed E-state index contributed by atoms with van der Waals surface area (Å²) in [5, 5.41) is 17.6. The molecule has 0 heterocycles.